The minimum atomic E-state index is -0.0765. The molecule has 0 saturated heterocycles. The molecule has 0 aliphatic carbocycles. The van der Waals surface area contributed by atoms with E-state index in [-0.39, 0.29) is 24.5 Å². The van der Waals surface area contributed by atoms with E-state index in [1.165, 1.54) is 11.1 Å². The zero-order chi connectivity index (χ0) is 21.8. The summed E-state index contributed by atoms with van der Waals surface area (Å²) in [6, 6.07) is 13.8. The van der Waals surface area contributed by atoms with E-state index < -0.39 is 0 Å². The number of amides is 1. The van der Waals surface area contributed by atoms with Crippen LogP contribution >= 0.6 is 0 Å². The number of carbonyl (C=O) groups is 2. The molecule has 6 nitrogen and oxygen atoms in total. The molecule has 31 heavy (non-hydrogen) atoms. The first-order valence-corrected chi connectivity index (χ1v) is 10.4. The van der Waals surface area contributed by atoms with Gasteiger partial charge in [0.05, 0.1) is 19.7 Å². The molecule has 0 fully saturated rings. The molecule has 1 aliphatic rings. The van der Waals surface area contributed by atoms with Crippen molar-refractivity contribution < 1.29 is 19.1 Å². The lowest BCUT2D eigenvalue weighted by molar-refractivity contribution is -0.130. The van der Waals surface area contributed by atoms with Crippen molar-refractivity contribution in [1.29, 1.82) is 0 Å². The Balaban J connectivity index is 1.40. The fourth-order valence-corrected chi connectivity index (χ4v) is 4.01. The maximum absolute atomic E-state index is 12.9. The van der Waals surface area contributed by atoms with E-state index in [2.05, 4.69) is 23.2 Å². The molecule has 160 valence electrons. The zero-order valence-corrected chi connectivity index (χ0v) is 17.8. The van der Waals surface area contributed by atoms with Gasteiger partial charge in [-0.3, -0.25) is 9.59 Å². The molecule has 1 amide bonds. The number of methoxy groups -OCH3 is 2. The normalized spacial score (nSPS) is 13.7. The summed E-state index contributed by atoms with van der Waals surface area (Å²) in [7, 11) is 3.15. The van der Waals surface area contributed by atoms with Crippen molar-refractivity contribution in [2.45, 2.75) is 19.3 Å². The standard InChI is InChI=1S/C25H26N2O4/c1-30-19-14-20-21(16-26-25(20)23(15-19)31-2)22(28)8-9-24(29)27-12-10-18(11-13-27)17-6-4-3-5-7-17/h3-7,10,14-16,26H,8-9,11-13H2,1-2H3. The summed E-state index contributed by atoms with van der Waals surface area (Å²) in [6.07, 6.45) is 4.97. The molecule has 2 aromatic carbocycles. The molecular weight excluding hydrogens is 392 g/mol. The summed E-state index contributed by atoms with van der Waals surface area (Å²) in [4.78, 5) is 30.5. The van der Waals surface area contributed by atoms with E-state index >= 15 is 0 Å². The van der Waals surface area contributed by atoms with Crippen LogP contribution < -0.4 is 9.47 Å². The Bertz CT molecular complexity index is 1130. The molecule has 6 heteroatoms. The number of rotatable bonds is 7. The number of fused-ring (bicyclic) bond motifs is 1. The van der Waals surface area contributed by atoms with Crippen LogP contribution in [0.15, 0.2) is 54.7 Å². The number of ketones is 1. The van der Waals surface area contributed by atoms with Crippen molar-refractivity contribution in [2.75, 3.05) is 27.3 Å². The smallest absolute Gasteiger partial charge is 0.223 e. The Morgan fingerprint density at radius 3 is 2.55 bits per heavy atom. The molecule has 0 saturated carbocycles. The number of Topliss-reactive ketones (excluding diaryl/α,β-unsaturated/α-hetero) is 1. The lowest BCUT2D eigenvalue weighted by atomic mass is 9.99. The summed E-state index contributed by atoms with van der Waals surface area (Å²) in [5.74, 6) is 1.15. The molecular formula is C25H26N2O4. The Morgan fingerprint density at radius 1 is 1.06 bits per heavy atom. The third-order valence-corrected chi connectivity index (χ3v) is 5.76. The third-order valence-electron chi connectivity index (χ3n) is 5.76. The number of H-pyrrole nitrogens is 1. The van der Waals surface area contributed by atoms with E-state index in [1.807, 2.05) is 29.2 Å². The summed E-state index contributed by atoms with van der Waals surface area (Å²) in [6.45, 7) is 1.26. The molecule has 3 aromatic rings. The molecule has 1 aromatic heterocycles. The average molecular weight is 418 g/mol. The van der Waals surface area contributed by atoms with Crippen LogP contribution in [0.5, 0.6) is 11.5 Å². The third kappa shape index (κ3) is 4.33. The van der Waals surface area contributed by atoms with E-state index in [0.717, 1.165) is 17.3 Å². The maximum atomic E-state index is 12.9. The van der Waals surface area contributed by atoms with Crippen molar-refractivity contribution in [3.05, 3.63) is 65.9 Å². The van der Waals surface area contributed by atoms with Crippen LogP contribution in [0.4, 0.5) is 0 Å². The highest BCUT2D eigenvalue weighted by Gasteiger charge is 2.21. The van der Waals surface area contributed by atoms with E-state index in [4.69, 9.17) is 9.47 Å². The van der Waals surface area contributed by atoms with Gasteiger partial charge in [-0.2, -0.15) is 0 Å². The van der Waals surface area contributed by atoms with Gasteiger partial charge in [-0.15, -0.1) is 0 Å². The van der Waals surface area contributed by atoms with E-state index in [9.17, 15) is 9.59 Å². The Kier molecular flexibility index (Phi) is 6.07. The summed E-state index contributed by atoms with van der Waals surface area (Å²) in [5.41, 5.74) is 3.76. The summed E-state index contributed by atoms with van der Waals surface area (Å²) < 4.78 is 10.7. The topological polar surface area (TPSA) is 71.6 Å². The van der Waals surface area contributed by atoms with Crippen molar-refractivity contribution in [3.63, 3.8) is 0 Å². The highest BCUT2D eigenvalue weighted by Crippen LogP contribution is 2.33. The van der Waals surface area contributed by atoms with Crippen molar-refractivity contribution >= 4 is 28.2 Å². The number of aromatic nitrogens is 1. The van der Waals surface area contributed by atoms with Crippen LogP contribution in [0.2, 0.25) is 0 Å². The quantitative estimate of drug-likeness (QED) is 0.575. The number of nitrogens with one attached hydrogen (secondary N) is 1. The van der Waals surface area contributed by atoms with Crippen LogP contribution in [-0.4, -0.2) is 48.9 Å². The SMILES string of the molecule is COc1cc(OC)c2[nH]cc(C(=O)CCC(=O)N3CC=C(c4ccccc4)CC3)c2c1. The van der Waals surface area contributed by atoms with Gasteiger partial charge >= 0.3 is 0 Å². The Morgan fingerprint density at radius 2 is 1.87 bits per heavy atom. The van der Waals surface area contributed by atoms with Crippen molar-refractivity contribution in [1.82, 2.24) is 9.88 Å². The van der Waals surface area contributed by atoms with Gasteiger partial charge in [0.25, 0.3) is 0 Å². The van der Waals surface area contributed by atoms with Crippen LogP contribution in [0.25, 0.3) is 16.5 Å². The molecule has 1 aliphatic heterocycles. The Hall–Kier alpha value is -3.54. The Labute approximate surface area is 181 Å². The number of hydrogen-bond acceptors (Lipinski definition) is 4. The first-order chi connectivity index (χ1) is 15.1. The fraction of sp³-hybridized carbons (Fsp3) is 0.280. The minimum absolute atomic E-state index is 0.00622. The molecule has 2 heterocycles. The lowest BCUT2D eigenvalue weighted by Crippen LogP contribution is -2.34. The summed E-state index contributed by atoms with van der Waals surface area (Å²) in [5, 5.41) is 0.738. The predicted molar refractivity (Wildman–Crippen MR) is 121 cm³/mol. The number of aromatic amines is 1. The first kappa shape index (κ1) is 20.7. The minimum Gasteiger partial charge on any atom is -0.497 e. The van der Waals surface area contributed by atoms with Gasteiger partial charge in [-0.1, -0.05) is 36.4 Å². The van der Waals surface area contributed by atoms with Crippen LogP contribution in [0, 0.1) is 0 Å². The second-order valence-corrected chi connectivity index (χ2v) is 7.56. The zero-order valence-electron chi connectivity index (χ0n) is 17.8. The van der Waals surface area contributed by atoms with Crippen LogP contribution in [-0.2, 0) is 4.79 Å². The highest BCUT2D eigenvalue weighted by molar-refractivity contribution is 6.10. The van der Waals surface area contributed by atoms with Gasteiger partial charge in [0.15, 0.2) is 5.78 Å². The average Bonchev–Trinajstić information content (AvgIpc) is 3.26. The molecule has 0 radical (unpaired) electrons. The van der Waals surface area contributed by atoms with E-state index in [0.29, 0.717) is 30.2 Å². The molecule has 0 bridgehead atoms. The van der Waals surface area contributed by atoms with Gasteiger partial charge in [0, 0.05) is 49.1 Å². The predicted octanol–water partition coefficient (Wildman–Crippen LogP) is 4.46. The van der Waals surface area contributed by atoms with Gasteiger partial charge in [-0.25, -0.2) is 0 Å². The van der Waals surface area contributed by atoms with Gasteiger partial charge in [0.2, 0.25) is 5.91 Å². The number of carbonyl (C=O) groups excluding carboxylic acids is 2. The molecule has 0 spiro atoms. The lowest BCUT2D eigenvalue weighted by Gasteiger charge is -2.26. The fourth-order valence-electron chi connectivity index (χ4n) is 4.01. The number of ether oxygens (including phenoxy) is 2. The molecule has 0 atom stereocenters. The first-order valence-electron chi connectivity index (χ1n) is 10.4. The molecule has 4 rings (SSSR count). The maximum Gasteiger partial charge on any atom is 0.223 e. The largest absolute Gasteiger partial charge is 0.497 e. The summed E-state index contributed by atoms with van der Waals surface area (Å²) >= 11 is 0. The van der Waals surface area contributed by atoms with Crippen LogP contribution in [0.3, 0.4) is 0 Å². The monoisotopic (exact) mass is 418 g/mol. The van der Waals surface area contributed by atoms with Crippen molar-refractivity contribution in [2.24, 2.45) is 0 Å². The van der Waals surface area contributed by atoms with Crippen molar-refractivity contribution in [3.8, 4) is 11.5 Å². The highest BCUT2D eigenvalue weighted by atomic mass is 16.5. The van der Waals surface area contributed by atoms with Gasteiger partial charge < -0.3 is 19.4 Å². The van der Waals surface area contributed by atoms with Crippen LogP contribution in [0.1, 0.15) is 35.2 Å². The van der Waals surface area contributed by atoms with Gasteiger partial charge in [0.1, 0.15) is 11.5 Å². The molecule has 1 N–H and O–H groups in total. The second-order valence-electron chi connectivity index (χ2n) is 7.56. The van der Waals surface area contributed by atoms with E-state index in [1.54, 1.807) is 26.5 Å². The molecule has 0 unspecified atom stereocenters. The second kappa shape index (κ2) is 9.08. The number of hydrogen-bond donors (Lipinski definition) is 1. The number of benzene rings is 2. The van der Waals surface area contributed by atoms with Gasteiger partial charge in [-0.05, 0) is 23.6 Å². The number of nitrogens with zero attached hydrogens (tertiary/aromatic N) is 1.